The van der Waals surface area contributed by atoms with Gasteiger partial charge in [-0.25, -0.2) is 13.1 Å². The molecule has 26 heavy (non-hydrogen) atoms. The molecule has 0 bridgehead atoms. The van der Waals surface area contributed by atoms with Crippen molar-refractivity contribution in [3.63, 3.8) is 0 Å². The molecule has 0 aliphatic carbocycles. The lowest BCUT2D eigenvalue weighted by Crippen LogP contribution is -2.28. The van der Waals surface area contributed by atoms with Gasteiger partial charge in [0.25, 0.3) is 5.91 Å². The van der Waals surface area contributed by atoms with Crippen LogP contribution in [0.15, 0.2) is 72.1 Å². The van der Waals surface area contributed by atoms with Crippen molar-refractivity contribution in [1.82, 2.24) is 10.0 Å². The lowest BCUT2D eigenvalue weighted by molar-refractivity contribution is -0.122. The minimum atomic E-state index is -3.66. The lowest BCUT2D eigenvalue weighted by Gasteiger charge is -2.15. The SMILES string of the molecule is C=CCNC(=O)COc1ccc(S(=O)(=O)NC(C)c2ccccc2)cc1. The van der Waals surface area contributed by atoms with E-state index in [9.17, 15) is 13.2 Å². The Bertz CT molecular complexity index is 834. The second kappa shape index (κ2) is 9.17. The molecule has 0 aromatic heterocycles. The predicted octanol–water partition coefficient (Wildman–Crippen LogP) is 2.41. The fourth-order valence-electron chi connectivity index (χ4n) is 2.21. The van der Waals surface area contributed by atoms with Crippen LogP contribution in [0.2, 0.25) is 0 Å². The van der Waals surface area contributed by atoms with Crippen LogP contribution in [0.3, 0.4) is 0 Å². The summed E-state index contributed by atoms with van der Waals surface area (Å²) >= 11 is 0. The molecule has 2 aromatic carbocycles. The van der Waals surface area contributed by atoms with Gasteiger partial charge in [-0.15, -0.1) is 6.58 Å². The molecule has 0 spiro atoms. The summed E-state index contributed by atoms with van der Waals surface area (Å²) < 4.78 is 32.9. The molecule has 0 aliphatic rings. The van der Waals surface area contributed by atoms with E-state index in [0.29, 0.717) is 12.3 Å². The highest BCUT2D eigenvalue weighted by Gasteiger charge is 2.18. The monoisotopic (exact) mass is 374 g/mol. The first-order valence-corrected chi connectivity index (χ1v) is 9.58. The quantitative estimate of drug-likeness (QED) is 0.660. The molecule has 6 nitrogen and oxygen atoms in total. The van der Waals surface area contributed by atoms with Gasteiger partial charge < -0.3 is 10.1 Å². The van der Waals surface area contributed by atoms with Gasteiger partial charge in [-0.2, -0.15) is 0 Å². The van der Waals surface area contributed by atoms with Crippen molar-refractivity contribution in [1.29, 1.82) is 0 Å². The summed E-state index contributed by atoms with van der Waals surface area (Å²) in [6.45, 7) is 5.51. The van der Waals surface area contributed by atoms with Crippen molar-refractivity contribution < 1.29 is 17.9 Å². The van der Waals surface area contributed by atoms with Crippen molar-refractivity contribution in [3.8, 4) is 5.75 Å². The third-order valence-electron chi connectivity index (χ3n) is 3.58. The van der Waals surface area contributed by atoms with Crippen LogP contribution >= 0.6 is 0 Å². The first kappa shape index (κ1) is 19.7. The Balaban J connectivity index is 1.97. The van der Waals surface area contributed by atoms with Crippen molar-refractivity contribution in [3.05, 3.63) is 72.8 Å². The maximum absolute atomic E-state index is 12.5. The highest BCUT2D eigenvalue weighted by Crippen LogP contribution is 2.19. The van der Waals surface area contributed by atoms with E-state index in [1.54, 1.807) is 13.0 Å². The highest BCUT2D eigenvalue weighted by atomic mass is 32.2. The molecule has 2 rings (SSSR count). The van der Waals surface area contributed by atoms with E-state index in [0.717, 1.165) is 5.56 Å². The molecule has 1 unspecified atom stereocenters. The number of nitrogens with one attached hydrogen (secondary N) is 2. The van der Waals surface area contributed by atoms with Crippen molar-refractivity contribution in [2.45, 2.75) is 17.9 Å². The molecule has 138 valence electrons. The Kier molecular flexibility index (Phi) is 6.94. The summed E-state index contributed by atoms with van der Waals surface area (Å²) in [7, 11) is -3.66. The van der Waals surface area contributed by atoms with E-state index in [2.05, 4.69) is 16.6 Å². The Morgan fingerprint density at radius 3 is 2.42 bits per heavy atom. The van der Waals surface area contributed by atoms with Gasteiger partial charge in [0.1, 0.15) is 5.75 Å². The Hall–Kier alpha value is -2.64. The molecule has 0 saturated heterocycles. The minimum absolute atomic E-state index is 0.128. The van der Waals surface area contributed by atoms with Gasteiger partial charge in [0.15, 0.2) is 6.61 Å². The number of carbonyl (C=O) groups excluding carboxylic acids is 1. The van der Waals surface area contributed by atoms with Gasteiger partial charge in [-0.05, 0) is 36.8 Å². The fraction of sp³-hybridized carbons (Fsp3) is 0.211. The van der Waals surface area contributed by atoms with Crippen molar-refractivity contribution in [2.75, 3.05) is 13.2 Å². The number of hydrogen-bond donors (Lipinski definition) is 2. The summed E-state index contributed by atoms with van der Waals surface area (Å²) in [6.07, 6.45) is 1.57. The molecule has 0 radical (unpaired) electrons. The van der Waals surface area contributed by atoms with Crippen LogP contribution in [0.5, 0.6) is 5.75 Å². The van der Waals surface area contributed by atoms with Crippen LogP contribution in [-0.2, 0) is 14.8 Å². The Morgan fingerprint density at radius 1 is 1.15 bits per heavy atom. The van der Waals surface area contributed by atoms with Gasteiger partial charge in [0.2, 0.25) is 10.0 Å². The number of benzene rings is 2. The number of amides is 1. The number of rotatable bonds is 9. The average Bonchev–Trinajstić information content (AvgIpc) is 2.65. The molecule has 7 heteroatoms. The number of carbonyl (C=O) groups is 1. The topological polar surface area (TPSA) is 84.5 Å². The van der Waals surface area contributed by atoms with Crippen LogP contribution in [0, 0.1) is 0 Å². The molecular weight excluding hydrogens is 352 g/mol. The van der Waals surface area contributed by atoms with Crippen LogP contribution < -0.4 is 14.8 Å². The fourth-order valence-corrected chi connectivity index (χ4v) is 3.44. The summed E-state index contributed by atoms with van der Waals surface area (Å²) in [5.41, 5.74) is 0.876. The normalized spacial score (nSPS) is 12.2. The zero-order valence-corrected chi connectivity index (χ0v) is 15.3. The van der Waals surface area contributed by atoms with Crippen LogP contribution in [-0.4, -0.2) is 27.5 Å². The standard InChI is InChI=1S/C19H22N2O4S/c1-3-13-20-19(22)14-25-17-9-11-18(12-10-17)26(23,24)21-15(2)16-7-5-4-6-8-16/h3-12,15,21H,1,13-14H2,2H3,(H,20,22). The maximum Gasteiger partial charge on any atom is 0.258 e. The van der Waals surface area contributed by atoms with Gasteiger partial charge in [0.05, 0.1) is 4.90 Å². The number of ether oxygens (including phenoxy) is 1. The van der Waals surface area contributed by atoms with Crippen molar-refractivity contribution in [2.24, 2.45) is 0 Å². The van der Waals surface area contributed by atoms with Crippen LogP contribution in [0.25, 0.3) is 0 Å². The zero-order chi connectivity index (χ0) is 19.0. The smallest absolute Gasteiger partial charge is 0.258 e. The third kappa shape index (κ3) is 5.72. The summed E-state index contributed by atoms with van der Waals surface area (Å²) in [4.78, 5) is 11.6. The summed E-state index contributed by atoms with van der Waals surface area (Å²) in [6, 6.07) is 14.9. The molecule has 0 fully saturated rings. The zero-order valence-electron chi connectivity index (χ0n) is 14.5. The number of sulfonamides is 1. The first-order valence-electron chi connectivity index (χ1n) is 8.10. The Morgan fingerprint density at radius 2 is 1.81 bits per heavy atom. The van der Waals surface area contributed by atoms with Gasteiger partial charge in [0, 0.05) is 12.6 Å². The molecule has 0 heterocycles. The van der Waals surface area contributed by atoms with Gasteiger partial charge in [-0.1, -0.05) is 36.4 Å². The lowest BCUT2D eigenvalue weighted by atomic mass is 10.1. The van der Waals surface area contributed by atoms with E-state index in [-0.39, 0.29) is 23.5 Å². The predicted molar refractivity (Wildman–Crippen MR) is 100 cm³/mol. The summed E-state index contributed by atoms with van der Waals surface area (Å²) in [5, 5.41) is 2.59. The van der Waals surface area contributed by atoms with E-state index in [1.807, 2.05) is 30.3 Å². The summed E-state index contributed by atoms with van der Waals surface area (Å²) in [5.74, 6) is 0.133. The van der Waals surface area contributed by atoms with E-state index < -0.39 is 10.0 Å². The van der Waals surface area contributed by atoms with Crippen LogP contribution in [0.4, 0.5) is 0 Å². The molecule has 2 aromatic rings. The second-order valence-electron chi connectivity index (χ2n) is 5.61. The first-order chi connectivity index (χ1) is 12.4. The molecule has 0 saturated carbocycles. The molecular formula is C19H22N2O4S. The minimum Gasteiger partial charge on any atom is -0.484 e. The maximum atomic E-state index is 12.5. The number of hydrogen-bond acceptors (Lipinski definition) is 4. The second-order valence-corrected chi connectivity index (χ2v) is 7.32. The third-order valence-corrected chi connectivity index (χ3v) is 5.14. The van der Waals surface area contributed by atoms with Crippen LogP contribution in [0.1, 0.15) is 18.5 Å². The molecule has 2 N–H and O–H groups in total. The van der Waals surface area contributed by atoms with Gasteiger partial charge >= 0.3 is 0 Å². The van der Waals surface area contributed by atoms with Crippen molar-refractivity contribution >= 4 is 15.9 Å². The van der Waals surface area contributed by atoms with E-state index in [4.69, 9.17) is 4.74 Å². The van der Waals surface area contributed by atoms with E-state index >= 15 is 0 Å². The largest absolute Gasteiger partial charge is 0.484 e. The highest BCUT2D eigenvalue weighted by molar-refractivity contribution is 7.89. The Labute approximate surface area is 153 Å². The molecule has 1 amide bonds. The van der Waals surface area contributed by atoms with E-state index in [1.165, 1.54) is 24.3 Å². The average molecular weight is 374 g/mol. The van der Waals surface area contributed by atoms with Gasteiger partial charge in [-0.3, -0.25) is 4.79 Å². The molecule has 0 aliphatic heterocycles. The molecule has 1 atom stereocenters.